The van der Waals surface area contributed by atoms with Crippen molar-refractivity contribution in [3.05, 3.63) is 64.6 Å². The van der Waals surface area contributed by atoms with E-state index in [4.69, 9.17) is 4.74 Å². The second-order valence-electron chi connectivity index (χ2n) is 6.32. The van der Waals surface area contributed by atoms with E-state index in [2.05, 4.69) is 20.4 Å². The average Bonchev–Trinajstić information content (AvgIpc) is 3.02. The number of aryl methyl sites for hydroxylation is 1. The number of hydrogen-bond donors (Lipinski definition) is 1. The van der Waals surface area contributed by atoms with Gasteiger partial charge in [0, 0.05) is 30.8 Å². The summed E-state index contributed by atoms with van der Waals surface area (Å²) in [7, 11) is 2.95. The Kier molecular flexibility index (Phi) is 4.70. The third kappa shape index (κ3) is 3.36. The minimum atomic E-state index is -1.01. The van der Waals surface area contributed by atoms with Gasteiger partial charge in [0.2, 0.25) is 11.8 Å². The molecule has 0 unspecified atom stereocenters. The van der Waals surface area contributed by atoms with Gasteiger partial charge in [0.05, 0.1) is 34.3 Å². The number of nitrogens with zero attached hydrogens (tertiary/aromatic N) is 5. The van der Waals surface area contributed by atoms with E-state index in [-0.39, 0.29) is 11.4 Å². The predicted octanol–water partition coefficient (Wildman–Crippen LogP) is 3.97. The molecule has 0 saturated carbocycles. The lowest BCUT2D eigenvalue weighted by Crippen LogP contribution is -2.01. The molecule has 2 aromatic heterocycles. The van der Waals surface area contributed by atoms with Crippen LogP contribution < -0.4 is 10.1 Å². The molecule has 2 heterocycles. The summed E-state index contributed by atoms with van der Waals surface area (Å²) in [5, 5.41) is 18.1. The van der Waals surface area contributed by atoms with Crippen LogP contribution in [0.1, 0.15) is 0 Å². The summed E-state index contributed by atoms with van der Waals surface area (Å²) in [4.78, 5) is 18.5. The number of nitro benzene ring substituents is 1. The monoisotopic (exact) mass is 412 g/mol. The number of rotatable bonds is 5. The van der Waals surface area contributed by atoms with Crippen molar-refractivity contribution in [1.82, 2.24) is 19.7 Å². The number of benzene rings is 2. The van der Waals surface area contributed by atoms with Crippen LogP contribution in [0.5, 0.6) is 5.75 Å². The zero-order valence-corrected chi connectivity index (χ0v) is 15.8. The van der Waals surface area contributed by atoms with Gasteiger partial charge < -0.3 is 10.1 Å². The summed E-state index contributed by atoms with van der Waals surface area (Å²) in [6.07, 6.45) is 1.30. The summed E-state index contributed by atoms with van der Waals surface area (Å²) in [6.45, 7) is 0. The molecule has 0 atom stereocenters. The second-order valence-corrected chi connectivity index (χ2v) is 6.32. The maximum atomic E-state index is 13.8. The molecule has 4 rings (SSSR count). The highest BCUT2D eigenvalue weighted by molar-refractivity contribution is 5.84. The Labute approximate surface area is 168 Å². The van der Waals surface area contributed by atoms with Gasteiger partial charge in [0.25, 0.3) is 0 Å². The molecular formula is C19H14F2N6O3. The van der Waals surface area contributed by atoms with Crippen molar-refractivity contribution in [3.8, 4) is 17.0 Å². The van der Waals surface area contributed by atoms with Crippen molar-refractivity contribution in [2.75, 3.05) is 12.4 Å². The molecule has 0 aliphatic rings. The zero-order valence-electron chi connectivity index (χ0n) is 15.8. The van der Waals surface area contributed by atoms with Crippen molar-refractivity contribution in [2.24, 2.45) is 7.05 Å². The van der Waals surface area contributed by atoms with E-state index in [1.807, 2.05) is 0 Å². The molecule has 30 heavy (non-hydrogen) atoms. The van der Waals surface area contributed by atoms with Crippen molar-refractivity contribution >= 4 is 28.1 Å². The topological polar surface area (TPSA) is 108 Å². The van der Waals surface area contributed by atoms with Gasteiger partial charge in [-0.3, -0.25) is 14.8 Å². The molecule has 0 bridgehead atoms. The molecule has 0 fully saturated rings. The predicted molar refractivity (Wildman–Crippen MR) is 105 cm³/mol. The van der Waals surface area contributed by atoms with Crippen LogP contribution in [0.3, 0.4) is 0 Å². The molecule has 0 amide bonds. The number of nitro groups is 1. The van der Waals surface area contributed by atoms with Crippen LogP contribution in [0.4, 0.5) is 26.0 Å². The SMILES string of the molecule is COc1cc(F)c([N+](=O)[O-])cc1Nc1cc(-c2ccc3c(F)nn(C)c3c2)ncn1. The first-order chi connectivity index (χ1) is 14.4. The maximum absolute atomic E-state index is 13.8. The number of anilines is 2. The van der Waals surface area contributed by atoms with E-state index < -0.39 is 22.4 Å². The van der Waals surface area contributed by atoms with Gasteiger partial charge in [-0.15, -0.1) is 5.10 Å². The number of methoxy groups -OCH3 is 1. The minimum Gasteiger partial charge on any atom is -0.494 e. The van der Waals surface area contributed by atoms with Crippen LogP contribution >= 0.6 is 0 Å². The summed E-state index contributed by atoms with van der Waals surface area (Å²) in [5.41, 5.74) is 1.27. The van der Waals surface area contributed by atoms with E-state index in [1.165, 1.54) is 18.1 Å². The fourth-order valence-corrected chi connectivity index (χ4v) is 3.04. The molecule has 0 aliphatic carbocycles. The van der Waals surface area contributed by atoms with E-state index in [1.54, 1.807) is 31.3 Å². The van der Waals surface area contributed by atoms with Gasteiger partial charge in [-0.2, -0.15) is 8.78 Å². The smallest absolute Gasteiger partial charge is 0.307 e. The van der Waals surface area contributed by atoms with Gasteiger partial charge >= 0.3 is 5.69 Å². The number of aromatic nitrogens is 4. The quantitative estimate of drug-likeness (QED) is 0.390. The van der Waals surface area contributed by atoms with Crippen molar-refractivity contribution in [3.63, 3.8) is 0 Å². The molecule has 9 nitrogen and oxygen atoms in total. The molecular weight excluding hydrogens is 398 g/mol. The number of halogens is 2. The van der Waals surface area contributed by atoms with E-state index in [0.29, 0.717) is 28.0 Å². The van der Waals surface area contributed by atoms with Crippen LogP contribution in [0.2, 0.25) is 0 Å². The lowest BCUT2D eigenvalue weighted by molar-refractivity contribution is -0.387. The van der Waals surface area contributed by atoms with Crippen LogP contribution in [0.25, 0.3) is 22.2 Å². The lowest BCUT2D eigenvalue weighted by atomic mass is 10.1. The minimum absolute atomic E-state index is 0.0741. The van der Waals surface area contributed by atoms with Crippen molar-refractivity contribution in [1.29, 1.82) is 0 Å². The number of hydrogen-bond acceptors (Lipinski definition) is 7. The van der Waals surface area contributed by atoms with E-state index in [0.717, 1.165) is 12.1 Å². The molecule has 0 aliphatic heterocycles. The van der Waals surface area contributed by atoms with Crippen LogP contribution in [-0.2, 0) is 7.05 Å². The highest BCUT2D eigenvalue weighted by Crippen LogP contribution is 2.34. The van der Waals surface area contributed by atoms with Crippen molar-refractivity contribution in [2.45, 2.75) is 0 Å². The fourth-order valence-electron chi connectivity index (χ4n) is 3.04. The zero-order chi connectivity index (χ0) is 21.4. The van der Waals surface area contributed by atoms with Crippen molar-refractivity contribution < 1.29 is 18.4 Å². The third-order valence-corrected chi connectivity index (χ3v) is 4.50. The van der Waals surface area contributed by atoms with Gasteiger partial charge in [0.15, 0.2) is 0 Å². The highest BCUT2D eigenvalue weighted by Gasteiger charge is 2.19. The molecule has 4 aromatic rings. The van der Waals surface area contributed by atoms with E-state index >= 15 is 0 Å². The standard InChI is InChI=1S/C19H14F2N6O3/c1-26-15-5-10(3-4-11(15)19(21)25-26)13-8-18(23-9-22-13)24-14-7-16(27(28)29)12(20)6-17(14)30-2/h3-9H,1-2H3,(H,22,23,24). The van der Waals surface area contributed by atoms with Gasteiger partial charge in [-0.25, -0.2) is 9.97 Å². The first kappa shape index (κ1) is 19.2. The lowest BCUT2D eigenvalue weighted by Gasteiger charge is -2.11. The second kappa shape index (κ2) is 7.35. The molecule has 0 saturated heterocycles. The molecule has 2 aromatic carbocycles. The van der Waals surface area contributed by atoms with Crippen LogP contribution in [0.15, 0.2) is 42.7 Å². The van der Waals surface area contributed by atoms with E-state index in [9.17, 15) is 18.9 Å². The fraction of sp³-hybridized carbons (Fsp3) is 0.105. The normalized spacial score (nSPS) is 10.9. The first-order valence-corrected chi connectivity index (χ1v) is 8.61. The molecule has 1 N–H and O–H groups in total. The number of ether oxygens (including phenoxy) is 1. The summed E-state index contributed by atoms with van der Waals surface area (Å²) < 4.78 is 34.2. The summed E-state index contributed by atoms with van der Waals surface area (Å²) >= 11 is 0. The van der Waals surface area contributed by atoms with Crippen LogP contribution in [0, 0.1) is 21.9 Å². The largest absolute Gasteiger partial charge is 0.494 e. The first-order valence-electron chi connectivity index (χ1n) is 8.61. The third-order valence-electron chi connectivity index (χ3n) is 4.50. The number of fused-ring (bicyclic) bond motifs is 1. The number of nitrogens with one attached hydrogen (secondary N) is 1. The summed E-state index contributed by atoms with van der Waals surface area (Å²) in [5.74, 6) is -1.20. The Bertz CT molecular complexity index is 1290. The van der Waals surface area contributed by atoms with Gasteiger partial charge in [0.1, 0.15) is 17.9 Å². The Hall–Kier alpha value is -4.15. The molecule has 11 heteroatoms. The Morgan fingerprint density at radius 1 is 1.17 bits per heavy atom. The average molecular weight is 412 g/mol. The van der Waals surface area contributed by atoms with Crippen LogP contribution in [-0.4, -0.2) is 31.8 Å². The highest BCUT2D eigenvalue weighted by atomic mass is 19.1. The Morgan fingerprint density at radius 3 is 2.70 bits per heavy atom. The Balaban J connectivity index is 1.72. The maximum Gasteiger partial charge on any atom is 0.307 e. The van der Waals surface area contributed by atoms with Gasteiger partial charge in [-0.1, -0.05) is 6.07 Å². The summed E-state index contributed by atoms with van der Waals surface area (Å²) in [6, 6.07) is 8.59. The molecule has 0 spiro atoms. The molecule has 0 radical (unpaired) electrons. The van der Waals surface area contributed by atoms with Gasteiger partial charge in [-0.05, 0) is 12.1 Å². The Morgan fingerprint density at radius 2 is 1.97 bits per heavy atom. The molecule has 152 valence electrons.